The molecule has 0 aromatic heterocycles. The molecule has 4 saturated carbocycles. The molecule has 1 atom stereocenters. The minimum Gasteiger partial charge on any atom is -0.394 e. The van der Waals surface area contributed by atoms with E-state index in [4.69, 9.17) is 5.11 Å². The highest BCUT2D eigenvalue weighted by atomic mass is 19.3. The van der Waals surface area contributed by atoms with Gasteiger partial charge in [-0.05, 0) is 6.92 Å². The Hall–Kier alpha value is -1.17. The van der Waals surface area contributed by atoms with E-state index in [0.29, 0.717) is 0 Å². The Morgan fingerprint density at radius 3 is 1.12 bits per heavy atom. The molecule has 4 bridgehead atoms. The summed E-state index contributed by atoms with van der Waals surface area (Å²) < 4.78 is 225. The SMILES string of the molecule is CC(OCCO)OC1(F)C2(F)C(F)(F)C3(F)C(F)(F)C(F)(C2(F)F)C(F)(F)C1(F)C3(F)F. The van der Waals surface area contributed by atoms with E-state index < -0.39 is 77.6 Å². The summed E-state index contributed by atoms with van der Waals surface area (Å²) in [7, 11) is 0. The number of hydrogen-bond donors (Lipinski definition) is 1. The molecule has 0 amide bonds. The minimum atomic E-state index is -7.88. The molecule has 0 spiro atoms. The van der Waals surface area contributed by atoms with E-state index in [1.165, 1.54) is 0 Å². The number of alkyl halides is 15. The fraction of sp³-hybridized carbons (Fsp3) is 1.00. The van der Waals surface area contributed by atoms with Crippen molar-refractivity contribution in [3.8, 4) is 0 Å². The topological polar surface area (TPSA) is 38.7 Å². The van der Waals surface area contributed by atoms with Crippen molar-refractivity contribution >= 4 is 0 Å². The highest BCUT2D eigenvalue weighted by molar-refractivity contribution is 5.54. The van der Waals surface area contributed by atoms with Gasteiger partial charge in [-0.1, -0.05) is 0 Å². The second kappa shape index (κ2) is 5.72. The molecule has 4 aliphatic carbocycles. The Morgan fingerprint density at radius 2 is 0.844 bits per heavy atom. The van der Waals surface area contributed by atoms with Crippen LogP contribution in [0.2, 0.25) is 0 Å². The molecule has 3 nitrogen and oxygen atoms in total. The van der Waals surface area contributed by atoms with Gasteiger partial charge in [0.05, 0.1) is 13.2 Å². The van der Waals surface area contributed by atoms with E-state index in [2.05, 4.69) is 9.47 Å². The van der Waals surface area contributed by atoms with Crippen LogP contribution in [0.4, 0.5) is 65.9 Å². The standard InChI is InChI=1S/C14H9F15O3/c1-4(31-3-2-30)32-14(29)7(17)10(21,22)5(15)9(19,20)6(16,12(7,25)26)13(27,28)8(14,18)11(5,23)24/h4,30H,2-3H2,1H3. The third-order valence-electron chi connectivity index (χ3n) is 5.98. The van der Waals surface area contributed by atoms with E-state index in [1.54, 1.807) is 0 Å². The molecule has 4 fully saturated rings. The maximum Gasteiger partial charge on any atom is 0.339 e. The number of rotatable bonds is 5. The summed E-state index contributed by atoms with van der Waals surface area (Å²) in [6, 6.07) is 0. The largest absolute Gasteiger partial charge is 0.394 e. The molecule has 0 aliphatic heterocycles. The van der Waals surface area contributed by atoms with Crippen LogP contribution in [0.5, 0.6) is 0 Å². The third kappa shape index (κ3) is 1.66. The molecule has 1 N–H and O–H groups in total. The van der Waals surface area contributed by atoms with E-state index in [0.717, 1.165) is 0 Å². The second-order valence-corrected chi connectivity index (χ2v) is 7.38. The average molecular weight is 510 g/mol. The zero-order valence-corrected chi connectivity index (χ0v) is 14.9. The van der Waals surface area contributed by atoms with Gasteiger partial charge in [-0.3, -0.25) is 0 Å². The monoisotopic (exact) mass is 510 g/mol. The van der Waals surface area contributed by atoms with E-state index in [-0.39, 0.29) is 6.92 Å². The Labute approximate surface area is 166 Å². The molecule has 0 saturated heterocycles. The molecule has 18 heteroatoms. The predicted octanol–water partition coefficient (Wildman–Crippen LogP) is 4.07. The minimum absolute atomic E-state index is 0.117. The van der Waals surface area contributed by atoms with Crippen molar-refractivity contribution < 1.29 is 80.4 Å². The van der Waals surface area contributed by atoms with Gasteiger partial charge in [0.15, 0.2) is 6.29 Å². The first-order valence-electron chi connectivity index (χ1n) is 8.19. The molecule has 32 heavy (non-hydrogen) atoms. The normalized spacial score (nSPS) is 49.8. The van der Waals surface area contributed by atoms with E-state index in [9.17, 15) is 52.7 Å². The highest BCUT2D eigenvalue weighted by Crippen LogP contribution is 2.88. The van der Waals surface area contributed by atoms with Crippen molar-refractivity contribution in [1.29, 1.82) is 0 Å². The van der Waals surface area contributed by atoms with Crippen LogP contribution in [-0.4, -0.2) is 82.8 Å². The lowest BCUT2D eigenvalue weighted by molar-refractivity contribution is -0.621. The van der Waals surface area contributed by atoms with Gasteiger partial charge in [0.1, 0.15) is 0 Å². The maximum atomic E-state index is 15.3. The molecular formula is C14H9F15O3. The van der Waals surface area contributed by atoms with Crippen molar-refractivity contribution in [1.82, 2.24) is 0 Å². The van der Waals surface area contributed by atoms with Gasteiger partial charge in [-0.25, -0.2) is 22.0 Å². The molecule has 4 aliphatic rings. The van der Waals surface area contributed by atoms with Crippen molar-refractivity contribution in [2.75, 3.05) is 13.2 Å². The summed E-state index contributed by atoms with van der Waals surface area (Å²) in [6.45, 7) is -2.12. The molecule has 0 aromatic carbocycles. The molecule has 0 aromatic rings. The summed E-state index contributed by atoms with van der Waals surface area (Å²) in [5, 5.41) is 8.46. The fourth-order valence-electron chi connectivity index (χ4n) is 4.45. The summed E-state index contributed by atoms with van der Waals surface area (Å²) in [6.07, 6.45) is -3.00. The average Bonchev–Trinajstić information content (AvgIpc) is 2.65. The Bertz CT molecular complexity index is 740. The van der Waals surface area contributed by atoms with Crippen LogP contribution in [0.1, 0.15) is 6.92 Å². The first-order chi connectivity index (χ1) is 14.0. The van der Waals surface area contributed by atoms with Gasteiger partial charge in [0.25, 0.3) is 0 Å². The molecule has 188 valence electrons. The molecule has 0 radical (unpaired) electrons. The Balaban J connectivity index is 2.52. The van der Waals surface area contributed by atoms with E-state index >= 15 is 13.2 Å². The Kier molecular flexibility index (Phi) is 4.55. The van der Waals surface area contributed by atoms with Crippen molar-refractivity contribution in [3.63, 3.8) is 0 Å². The lowest BCUT2D eigenvalue weighted by Gasteiger charge is -2.74. The summed E-state index contributed by atoms with van der Waals surface area (Å²) in [4.78, 5) is 0. The van der Waals surface area contributed by atoms with Crippen molar-refractivity contribution in [3.05, 3.63) is 0 Å². The highest BCUT2D eigenvalue weighted by Gasteiger charge is 3.23. The van der Waals surface area contributed by atoms with Crippen LogP contribution in [0.15, 0.2) is 0 Å². The van der Waals surface area contributed by atoms with Crippen LogP contribution >= 0.6 is 0 Å². The zero-order valence-electron chi connectivity index (χ0n) is 14.9. The first kappa shape index (κ1) is 25.5. The Morgan fingerprint density at radius 1 is 0.562 bits per heavy atom. The van der Waals surface area contributed by atoms with Gasteiger partial charge in [0.2, 0.25) is 0 Å². The number of halogens is 15. The summed E-state index contributed by atoms with van der Waals surface area (Å²) in [5.74, 6) is -46.1. The molecule has 4 rings (SSSR count). The van der Waals surface area contributed by atoms with Crippen LogP contribution in [0.25, 0.3) is 0 Å². The number of hydrogen-bond acceptors (Lipinski definition) is 3. The molecular weight excluding hydrogens is 501 g/mol. The molecule has 0 heterocycles. The van der Waals surface area contributed by atoms with Gasteiger partial charge < -0.3 is 14.6 Å². The van der Waals surface area contributed by atoms with Gasteiger partial charge >= 0.3 is 58.1 Å². The maximum absolute atomic E-state index is 15.3. The van der Waals surface area contributed by atoms with Crippen molar-refractivity contribution in [2.45, 2.75) is 71.4 Å². The number of ether oxygens (including phenoxy) is 2. The van der Waals surface area contributed by atoms with Gasteiger partial charge in [-0.15, -0.1) is 0 Å². The van der Waals surface area contributed by atoms with E-state index in [1.807, 2.05) is 0 Å². The summed E-state index contributed by atoms with van der Waals surface area (Å²) >= 11 is 0. The lowest BCUT2D eigenvalue weighted by atomic mass is 9.40. The first-order valence-corrected chi connectivity index (χ1v) is 8.19. The number of aliphatic hydroxyl groups is 1. The van der Waals surface area contributed by atoms with Gasteiger partial charge in [-0.2, -0.15) is 43.9 Å². The fourth-order valence-corrected chi connectivity index (χ4v) is 4.45. The lowest BCUT2D eigenvalue weighted by Crippen LogP contribution is -3.09. The second-order valence-electron chi connectivity index (χ2n) is 7.38. The smallest absolute Gasteiger partial charge is 0.339 e. The quantitative estimate of drug-likeness (QED) is 0.448. The third-order valence-corrected chi connectivity index (χ3v) is 5.98. The molecule has 1 unspecified atom stereocenters. The number of aliphatic hydroxyl groups excluding tert-OH is 1. The zero-order chi connectivity index (χ0) is 25.4. The van der Waals surface area contributed by atoms with Crippen LogP contribution in [0.3, 0.4) is 0 Å². The van der Waals surface area contributed by atoms with Crippen LogP contribution < -0.4 is 0 Å². The predicted molar refractivity (Wildman–Crippen MR) is 67.5 cm³/mol. The van der Waals surface area contributed by atoms with Crippen LogP contribution in [-0.2, 0) is 9.47 Å². The van der Waals surface area contributed by atoms with Gasteiger partial charge in [0, 0.05) is 0 Å². The van der Waals surface area contributed by atoms with Crippen molar-refractivity contribution in [2.24, 2.45) is 0 Å². The summed E-state index contributed by atoms with van der Waals surface area (Å²) in [5.41, 5.74) is -30.6. The van der Waals surface area contributed by atoms with Crippen LogP contribution in [0, 0.1) is 0 Å².